The van der Waals surface area contributed by atoms with E-state index >= 15 is 0 Å². The van der Waals surface area contributed by atoms with Crippen LogP contribution in [-0.4, -0.2) is 27.2 Å². The summed E-state index contributed by atoms with van der Waals surface area (Å²) in [5.41, 5.74) is -6.13. The van der Waals surface area contributed by atoms with Crippen LogP contribution < -0.4 is 0 Å². The lowest BCUT2D eigenvalue weighted by Gasteiger charge is -2.24. The number of aryl methyl sites for hydroxylation is 1. The van der Waals surface area contributed by atoms with E-state index in [-0.39, 0.29) is 5.56 Å². The number of nitro benzene ring substituents is 1. The van der Waals surface area contributed by atoms with Crippen molar-refractivity contribution in [2.24, 2.45) is 0 Å². The molecule has 1 aromatic carbocycles. The highest BCUT2D eigenvalue weighted by molar-refractivity contribution is 5.45. The smallest absolute Gasteiger partial charge is 0.258 e. The molecule has 1 heterocycles. The fourth-order valence-electron chi connectivity index (χ4n) is 2.55. The summed E-state index contributed by atoms with van der Waals surface area (Å²) in [5.74, 6) is -15.6. The molecule has 0 bridgehead atoms. The van der Waals surface area contributed by atoms with Crippen molar-refractivity contribution in [3.63, 3.8) is 0 Å². The standard InChI is InChI=1S/C17H8F10N4O2/c1-7-4-8(2-3-10(7)31(32)33)9(6-28)13-29-11(14(18,19)16(22,23)24)5-12(30-13)15(20,21)17(25,26)27/h2-5,9H,1H3. The number of hydrogen-bond donors (Lipinski definition) is 0. The summed E-state index contributed by atoms with van der Waals surface area (Å²) in [6, 6.07) is 2.95. The molecule has 0 N–H and O–H groups in total. The van der Waals surface area contributed by atoms with Crippen molar-refractivity contribution in [1.29, 1.82) is 5.26 Å². The number of aromatic nitrogens is 2. The van der Waals surface area contributed by atoms with Gasteiger partial charge in [0.15, 0.2) is 5.82 Å². The summed E-state index contributed by atoms with van der Waals surface area (Å²) in [7, 11) is 0. The lowest BCUT2D eigenvalue weighted by molar-refractivity contribution is -0.385. The van der Waals surface area contributed by atoms with Gasteiger partial charge in [-0.3, -0.25) is 10.1 Å². The van der Waals surface area contributed by atoms with E-state index in [0.29, 0.717) is 0 Å². The molecular weight excluding hydrogens is 482 g/mol. The average molecular weight is 490 g/mol. The average Bonchev–Trinajstić information content (AvgIpc) is 2.66. The summed E-state index contributed by atoms with van der Waals surface area (Å²) >= 11 is 0. The van der Waals surface area contributed by atoms with Crippen LogP contribution in [0.3, 0.4) is 0 Å². The summed E-state index contributed by atoms with van der Waals surface area (Å²) in [6.07, 6.45) is -12.9. The van der Waals surface area contributed by atoms with Crippen molar-refractivity contribution < 1.29 is 48.8 Å². The van der Waals surface area contributed by atoms with Crippen molar-refractivity contribution in [1.82, 2.24) is 9.97 Å². The predicted octanol–water partition coefficient (Wildman–Crippen LogP) is 5.66. The SMILES string of the molecule is Cc1cc(C(C#N)c2nc(C(F)(F)C(F)(F)F)cc(C(F)(F)C(F)(F)F)n2)ccc1[N+](=O)[O-]. The maximum atomic E-state index is 13.8. The van der Waals surface area contributed by atoms with Crippen LogP contribution in [0.4, 0.5) is 49.6 Å². The Morgan fingerprint density at radius 3 is 1.70 bits per heavy atom. The van der Waals surface area contributed by atoms with Gasteiger partial charge >= 0.3 is 24.2 Å². The highest BCUT2D eigenvalue weighted by Gasteiger charge is 2.63. The normalized spacial score (nSPS) is 14.0. The van der Waals surface area contributed by atoms with Gasteiger partial charge in [-0.05, 0) is 24.6 Å². The number of nitro groups is 1. The summed E-state index contributed by atoms with van der Waals surface area (Å²) in [4.78, 5) is 15.5. The minimum Gasteiger partial charge on any atom is -0.258 e. The van der Waals surface area contributed by atoms with Gasteiger partial charge in [-0.15, -0.1) is 0 Å². The van der Waals surface area contributed by atoms with Crippen LogP contribution >= 0.6 is 0 Å². The molecule has 0 saturated heterocycles. The number of benzene rings is 1. The van der Waals surface area contributed by atoms with Gasteiger partial charge in [0.25, 0.3) is 5.69 Å². The van der Waals surface area contributed by atoms with E-state index in [0.717, 1.165) is 25.1 Å². The third-order valence-corrected chi connectivity index (χ3v) is 4.24. The molecule has 1 aromatic heterocycles. The van der Waals surface area contributed by atoms with E-state index in [2.05, 4.69) is 9.97 Å². The molecule has 0 radical (unpaired) electrons. The Balaban J connectivity index is 2.82. The monoisotopic (exact) mass is 490 g/mol. The highest BCUT2D eigenvalue weighted by Crippen LogP contribution is 2.47. The first-order chi connectivity index (χ1) is 14.8. The van der Waals surface area contributed by atoms with Crippen LogP contribution in [-0.2, 0) is 11.8 Å². The van der Waals surface area contributed by atoms with E-state index in [1.807, 2.05) is 0 Å². The van der Waals surface area contributed by atoms with Crippen molar-refractivity contribution in [3.8, 4) is 6.07 Å². The van der Waals surface area contributed by atoms with Crippen LogP contribution in [0.25, 0.3) is 0 Å². The Morgan fingerprint density at radius 1 is 0.909 bits per heavy atom. The maximum Gasteiger partial charge on any atom is 0.459 e. The molecule has 6 nitrogen and oxygen atoms in total. The maximum absolute atomic E-state index is 13.8. The minimum atomic E-state index is -6.44. The van der Waals surface area contributed by atoms with Gasteiger partial charge in [-0.25, -0.2) is 9.97 Å². The Hall–Kier alpha value is -3.51. The van der Waals surface area contributed by atoms with E-state index in [1.165, 1.54) is 6.07 Å². The lowest BCUT2D eigenvalue weighted by Crippen LogP contribution is -2.38. The zero-order valence-electron chi connectivity index (χ0n) is 15.8. The summed E-state index contributed by atoms with van der Waals surface area (Å²) in [5, 5.41) is 20.2. The topological polar surface area (TPSA) is 92.7 Å². The molecule has 0 amide bonds. The Kier molecular flexibility index (Phi) is 6.34. The Morgan fingerprint density at radius 2 is 1.36 bits per heavy atom. The van der Waals surface area contributed by atoms with Gasteiger partial charge in [0, 0.05) is 11.6 Å². The first kappa shape index (κ1) is 25.7. The minimum absolute atomic E-state index is 0.143. The molecule has 178 valence electrons. The number of hydrogen-bond acceptors (Lipinski definition) is 5. The molecule has 1 atom stereocenters. The van der Waals surface area contributed by atoms with Gasteiger partial charge in [0.05, 0.1) is 11.0 Å². The fourth-order valence-corrected chi connectivity index (χ4v) is 2.55. The van der Waals surface area contributed by atoms with Crippen LogP contribution in [0.5, 0.6) is 0 Å². The molecule has 0 aliphatic carbocycles. The van der Waals surface area contributed by atoms with Gasteiger partial charge in [-0.1, -0.05) is 6.07 Å². The zero-order chi connectivity index (χ0) is 25.6. The van der Waals surface area contributed by atoms with Crippen molar-refractivity contribution in [3.05, 3.63) is 62.7 Å². The molecule has 0 saturated carbocycles. The van der Waals surface area contributed by atoms with Gasteiger partial charge in [0.1, 0.15) is 17.3 Å². The van der Waals surface area contributed by atoms with E-state index < -0.39 is 69.6 Å². The Labute approximate surface area is 176 Å². The predicted molar refractivity (Wildman–Crippen MR) is 87.2 cm³/mol. The largest absolute Gasteiger partial charge is 0.459 e. The van der Waals surface area contributed by atoms with Crippen molar-refractivity contribution in [2.75, 3.05) is 0 Å². The molecular formula is C17H8F10N4O2. The first-order valence-electron chi connectivity index (χ1n) is 8.28. The van der Waals surface area contributed by atoms with Crippen LogP contribution in [0, 0.1) is 28.4 Å². The third kappa shape index (κ3) is 4.66. The molecule has 16 heteroatoms. The number of rotatable bonds is 5. The zero-order valence-corrected chi connectivity index (χ0v) is 15.8. The van der Waals surface area contributed by atoms with Crippen LogP contribution in [0.15, 0.2) is 24.3 Å². The van der Waals surface area contributed by atoms with E-state index in [4.69, 9.17) is 0 Å². The van der Waals surface area contributed by atoms with Gasteiger partial charge in [0.2, 0.25) is 0 Å². The first-order valence-corrected chi connectivity index (χ1v) is 8.28. The highest BCUT2D eigenvalue weighted by atomic mass is 19.4. The Bertz CT molecular complexity index is 1080. The number of halogens is 10. The quantitative estimate of drug-likeness (QED) is 0.307. The number of nitrogens with zero attached hydrogens (tertiary/aromatic N) is 4. The molecule has 0 aliphatic heterocycles. The molecule has 0 fully saturated rings. The van der Waals surface area contributed by atoms with E-state index in [9.17, 15) is 59.3 Å². The fraction of sp³-hybridized carbons (Fsp3) is 0.353. The second-order valence-corrected chi connectivity index (χ2v) is 6.51. The number of alkyl halides is 10. The second kappa shape index (κ2) is 8.12. The molecule has 0 aliphatic rings. The second-order valence-electron chi connectivity index (χ2n) is 6.51. The van der Waals surface area contributed by atoms with Gasteiger partial charge in [-0.2, -0.15) is 49.2 Å². The van der Waals surface area contributed by atoms with Gasteiger partial charge < -0.3 is 0 Å². The van der Waals surface area contributed by atoms with Crippen molar-refractivity contribution >= 4 is 5.69 Å². The lowest BCUT2D eigenvalue weighted by atomic mass is 9.96. The molecule has 2 aromatic rings. The molecule has 33 heavy (non-hydrogen) atoms. The van der Waals surface area contributed by atoms with E-state index in [1.54, 1.807) is 0 Å². The van der Waals surface area contributed by atoms with Crippen molar-refractivity contribution in [2.45, 2.75) is 37.0 Å². The third-order valence-electron chi connectivity index (χ3n) is 4.24. The summed E-state index contributed by atoms with van der Waals surface area (Å²) in [6.45, 7) is 1.15. The van der Waals surface area contributed by atoms with Crippen LogP contribution in [0.2, 0.25) is 0 Å². The number of nitriles is 1. The van der Waals surface area contributed by atoms with Crippen LogP contribution in [0.1, 0.15) is 34.3 Å². The molecule has 0 spiro atoms. The summed E-state index contributed by atoms with van der Waals surface area (Å²) < 4.78 is 132. The molecule has 1 unspecified atom stereocenters. The molecule has 2 rings (SSSR count).